The maximum absolute atomic E-state index is 14.2. The third-order valence-corrected chi connectivity index (χ3v) is 14.2. The van der Waals surface area contributed by atoms with E-state index in [0.717, 1.165) is 100 Å². The number of carbonyl (C=O) groups is 4. The molecular weight excluding hydrogens is 793 g/mol. The molecule has 2 heterocycles. The number of hydrogen-bond donors (Lipinski definition) is 2. The first-order valence-electron chi connectivity index (χ1n) is 21.5. The predicted octanol–water partition coefficient (Wildman–Crippen LogP) is 12.2. The van der Waals surface area contributed by atoms with Crippen LogP contribution in [0.4, 0.5) is 22.7 Å². The van der Waals surface area contributed by atoms with E-state index in [1.807, 2.05) is 88.4 Å². The van der Waals surface area contributed by atoms with Crippen molar-refractivity contribution < 1.29 is 19.2 Å². The van der Waals surface area contributed by atoms with Crippen LogP contribution in [0.15, 0.2) is 97.1 Å². The van der Waals surface area contributed by atoms with Gasteiger partial charge in [-0.3, -0.25) is 19.2 Å². The number of carbonyl (C=O) groups excluding carboxylic acids is 4. The molecule has 318 valence electrons. The number of fused-ring (bicyclic) bond motifs is 2. The van der Waals surface area contributed by atoms with Gasteiger partial charge in [-0.25, -0.2) is 9.80 Å². The number of nitrogens with two attached hydrogens (primary N) is 2. The SMILES string of the molecule is Cc1c(-c2c(C)c(C)c(N3C(=O)c4ccc(-c5ccc(N)cc5)cc4C3=O)c(C)c2C)ccc(-c2c(C)c(C)c(N3C(=O)c4ccc(-c5ccc(N)cc5)cc4C3=O)c(C)c2C)c1C. The van der Waals surface area contributed by atoms with E-state index in [9.17, 15) is 19.2 Å². The van der Waals surface area contributed by atoms with Crippen molar-refractivity contribution in [2.45, 2.75) is 69.2 Å². The number of rotatable bonds is 6. The summed E-state index contributed by atoms with van der Waals surface area (Å²) in [5.41, 5.74) is 33.5. The van der Waals surface area contributed by atoms with Crippen LogP contribution in [0.2, 0.25) is 0 Å². The molecule has 7 aromatic rings. The lowest BCUT2D eigenvalue weighted by Crippen LogP contribution is -2.31. The van der Waals surface area contributed by atoms with Gasteiger partial charge in [0.15, 0.2) is 0 Å². The molecule has 2 aliphatic rings. The van der Waals surface area contributed by atoms with Gasteiger partial charge in [0.1, 0.15) is 0 Å². The fourth-order valence-corrected chi connectivity index (χ4v) is 10.0. The zero-order valence-corrected chi connectivity index (χ0v) is 37.9. The molecule has 0 bridgehead atoms. The Bertz CT molecular complexity index is 2970. The summed E-state index contributed by atoms with van der Waals surface area (Å²) in [5.74, 6) is -1.32. The minimum absolute atomic E-state index is 0.327. The van der Waals surface area contributed by atoms with Crippen LogP contribution in [-0.2, 0) is 0 Å². The number of imide groups is 2. The molecule has 0 fully saturated rings. The highest BCUT2D eigenvalue weighted by atomic mass is 16.2. The van der Waals surface area contributed by atoms with Crippen molar-refractivity contribution in [1.29, 1.82) is 0 Å². The van der Waals surface area contributed by atoms with Gasteiger partial charge >= 0.3 is 0 Å². The summed E-state index contributed by atoms with van der Waals surface area (Å²) in [6, 6.07) is 30.1. The lowest BCUT2D eigenvalue weighted by atomic mass is 9.81. The summed E-state index contributed by atoms with van der Waals surface area (Å²) in [4.78, 5) is 59.2. The molecule has 0 aliphatic carbocycles. The highest BCUT2D eigenvalue weighted by molar-refractivity contribution is 6.36. The van der Waals surface area contributed by atoms with Gasteiger partial charge in [0.05, 0.1) is 33.6 Å². The molecule has 7 aromatic carbocycles. The van der Waals surface area contributed by atoms with Gasteiger partial charge in [-0.2, -0.15) is 0 Å². The Balaban J connectivity index is 1.07. The summed E-state index contributed by atoms with van der Waals surface area (Å²) < 4.78 is 0. The number of benzene rings is 7. The van der Waals surface area contributed by atoms with E-state index in [0.29, 0.717) is 45.0 Å². The van der Waals surface area contributed by atoms with Crippen LogP contribution < -0.4 is 21.3 Å². The van der Waals surface area contributed by atoms with Crippen LogP contribution in [0, 0.1) is 69.2 Å². The molecule has 0 saturated carbocycles. The van der Waals surface area contributed by atoms with E-state index in [1.54, 1.807) is 24.3 Å². The first kappa shape index (κ1) is 41.8. The minimum atomic E-state index is -0.333. The molecule has 0 atom stereocenters. The average molecular weight is 843 g/mol. The fourth-order valence-electron chi connectivity index (χ4n) is 10.0. The van der Waals surface area contributed by atoms with Crippen molar-refractivity contribution in [3.63, 3.8) is 0 Å². The zero-order valence-electron chi connectivity index (χ0n) is 37.9. The Labute approximate surface area is 374 Å². The van der Waals surface area contributed by atoms with Gasteiger partial charge in [0.25, 0.3) is 23.6 Å². The molecule has 0 saturated heterocycles. The molecule has 8 heteroatoms. The van der Waals surface area contributed by atoms with Crippen molar-refractivity contribution in [1.82, 2.24) is 0 Å². The highest BCUT2D eigenvalue weighted by Gasteiger charge is 2.41. The van der Waals surface area contributed by atoms with Crippen LogP contribution in [-0.4, -0.2) is 23.6 Å². The van der Waals surface area contributed by atoms with Crippen molar-refractivity contribution in [3.05, 3.63) is 175 Å². The zero-order chi connectivity index (χ0) is 45.8. The standard InChI is InChI=1S/C56H50N4O4/c1-27-28(2)44(50-31(5)35(9)52(36(10)32(50)6)60-54(62)46-22-16-40(26-48(46)56(60)64)38-13-19-42(58)20-14-38)24-23-43(27)49-29(3)33(7)51(34(8)30(49)4)59-53(61)45-21-15-39(25-47(45)55(59)63)37-11-17-41(57)18-12-37/h11-26H,57-58H2,1-10H3. The lowest BCUT2D eigenvalue weighted by molar-refractivity contribution is 0.0910. The third-order valence-electron chi connectivity index (χ3n) is 14.2. The van der Waals surface area contributed by atoms with E-state index in [1.165, 1.54) is 9.80 Å². The number of anilines is 4. The van der Waals surface area contributed by atoms with Gasteiger partial charge < -0.3 is 11.5 Å². The van der Waals surface area contributed by atoms with Gasteiger partial charge in [-0.1, -0.05) is 48.5 Å². The molecule has 0 aromatic heterocycles. The van der Waals surface area contributed by atoms with Crippen molar-refractivity contribution in [2.75, 3.05) is 21.3 Å². The quantitative estimate of drug-likeness (QED) is 0.127. The van der Waals surface area contributed by atoms with Crippen LogP contribution in [0.25, 0.3) is 44.5 Å². The van der Waals surface area contributed by atoms with Crippen molar-refractivity contribution in [2.24, 2.45) is 0 Å². The topological polar surface area (TPSA) is 127 Å². The van der Waals surface area contributed by atoms with Crippen molar-refractivity contribution >= 4 is 46.4 Å². The molecule has 0 unspecified atom stereocenters. The van der Waals surface area contributed by atoms with Gasteiger partial charge in [0.2, 0.25) is 0 Å². The van der Waals surface area contributed by atoms with Crippen LogP contribution in [0.3, 0.4) is 0 Å². The largest absolute Gasteiger partial charge is 0.399 e. The molecular formula is C56H50N4O4. The number of hydrogen-bond acceptors (Lipinski definition) is 6. The summed E-state index contributed by atoms with van der Waals surface area (Å²) in [5, 5.41) is 0. The smallest absolute Gasteiger partial charge is 0.266 e. The Morgan fingerprint density at radius 3 is 0.875 bits per heavy atom. The van der Waals surface area contributed by atoms with E-state index in [2.05, 4.69) is 53.7 Å². The van der Waals surface area contributed by atoms with E-state index in [-0.39, 0.29) is 23.6 Å². The van der Waals surface area contributed by atoms with E-state index in [4.69, 9.17) is 11.5 Å². The maximum Gasteiger partial charge on any atom is 0.266 e. The number of nitrogens with zero attached hydrogens (tertiary/aromatic N) is 2. The van der Waals surface area contributed by atoms with Gasteiger partial charge in [-0.15, -0.1) is 0 Å². The Kier molecular flexibility index (Phi) is 9.82. The molecule has 2 aliphatic heterocycles. The summed E-state index contributed by atoms with van der Waals surface area (Å²) >= 11 is 0. The Morgan fingerprint density at radius 1 is 0.297 bits per heavy atom. The second-order valence-electron chi connectivity index (χ2n) is 17.5. The number of amides is 4. The lowest BCUT2D eigenvalue weighted by Gasteiger charge is -2.28. The monoisotopic (exact) mass is 842 g/mol. The van der Waals surface area contributed by atoms with Crippen LogP contribution in [0.5, 0.6) is 0 Å². The summed E-state index contributed by atoms with van der Waals surface area (Å²) in [7, 11) is 0. The molecule has 4 amide bonds. The van der Waals surface area contributed by atoms with E-state index < -0.39 is 0 Å². The van der Waals surface area contributed by atoms with Crippen molar-refractivity contribution in [3.8, 4) is 44.5 Å². The Hall–Kier alpha value is -7.58. The molecule has 0 spiro atoms. The summed E-state index contributed by atoms with van der Waals surface area (Å²) in [6.07, 6.45) is 0. The van der Waals surface area contributed by atoms with Crippen LogP contribution in [0.1, 0.15) is 97.1 Å². The predicted molar refractivity (Wildman–Crippen MR) is 260 cm³/mol. The first-order chi connectivity index (χ1) is 30.4. The molecule has 4 N–H and O–H groups in total. The minimum Gasteiger partial charge on any atom is -0.399 e. The number of nitrogen functional groups attached to an aromatic ring is 2. The molecule has 0 radical (unpaired) electrons. The summed E-state index contributed by atoms with van der Waals surface area (Å²) in [6.45, 7) is 20.5. The molecule has 64 heavy (non-hydrogen) atoms. The third kappa shape index (κ3) is 6.11. The second kappa shape index (κ2) is 15.1. The first-order valence-corrected chi connectivity index (χ1v) is 21.5. The highest BCUT2D eigenvalue weighted by Crippen LogP contribution is 2.47. The van der Waals surface area contributed by atoms with Crippen LogP contribution >= 0.6 is 0 Å². The van der Waals surface area contributed by atoms with Gasteiger partial charge in [0, 0.05) is 11.4 Å². The van der Waals surface area contributed by atoms with Gasteiger partial charge in [-0.05, 0) is 218 Å². The normalized spacial score (nSPS) is 13.3. The second-order valence-corrected chi connectivity index (χ2v) is 17.5. The molecule has 8 nitrogen and oxygen atoms in total. The van der Waals surface area contributed by atoms with E-state index >= 15 is 0 Å². The Morgan fingerprint density at radius 2 is 0.562 bits per heavy atom. The fraction of sp³-hybridized carbons (Fsp3) is 0.179. The average Bonchev–Trinajstić information content (AvgIpc) is 3.67. The maximum atomic E-state index is 14.2. The molecule has 9 rings (SSSR count).